The Hall–Kier alpha value is -2.93. The first-order valence-corrected chi connectivity index (χ1v) is 9.16. The highest BCUT2D eigenvalue weighted by atomic mass is 35.5. The number of carbonyl (C=O) groups excluding carboxylic acids is 3. The quantitative estimate of drug-likeness (QED) is 0.661. The Morgan fingerprint density at radius 2 is 1.96 bits per heavy atom. The number of nitrogens with zero attached hydrogens (tertiary/aromatic N) is 2. The van der Waals surface area contributed by atoms with Gasteiger partial charge < -0.3 is 13.9 Å². The summed E-state index contributed by atoms with van der Waals surface area (Å²) in [5.74, 6) is -0.595. The van der Waals surface area contributed by atoms with Gasteiger partial charge in [-0.3, -0.25) is 9.59 Å². The SMILES string of the molecule is CC(=O)CCC(=O)OCC(=O)N1N=C(c2ccc(Cl)cc2)C[C@H]1c1ccco1. The van der Waals surface area contributed by atoms with Gasteiger partial charge in [0, 0.05) is 17.9 Å². The minimum atomic E-state index is -0.598. The van der Waals surface area contributed by atoms with Crippen LogP contribution in [0, 0.1) is 0 Å². The molecule has 2 heterocycles. The summed E-state index contributed by atoms with van der Waals surface area (Å²) in [7, 11) is 0. The Balaban J connectivity index is 1.72. The van der Waals surface area contributed by atoms with E-state index in [2.05, 4.69) is 5.10 Å². The second-order valence-electron chi connectivity index (χ2n) is 6.39. The number of carbonyl (C=O) groups is 3. The maximum absolute atomic E-state index is 12.6. The molecule has 1 aromatic heterocycles. The molecule has 3 rings (SSSR count). The van der Waals surface area contributed by atoms with Crippen LogP contribution in [0.2, 0.25) is 5.02 Å². The van der Waals surface area contributed by atoms with Gasteiger partial charge in [0.2, 0.25) is 0 Å². The third kappa shape index (κ3) is 4.86. The second kappa shape index (κ2) is 8.84. The Labute approximate surface area is 166 Å². The summed E-state index contributed by atoms with van der Waals surface area (Å²) in [5.41, 5.74) is 1.55. The van der Waals surface area contributed by atoms with Crippen LogP contribution < -0.4 is 0 Å². The van der Waals surface area contributed by atoms with Crippen molar-refractivity contribution >= 4 is 35.0 Å². The molecule has 1 aliphatic rings. The molecule has 1 aliphatic heterocycles. The number of ether oxygens (including phenoxy) is 1. The van der Waals surface area contributed by atoms with Gasteiger partial charge in [-0.2, -0.15) is 5.10 Å². The monoisotopic (exact) mass is 402 g/mol. The number of hydrogen-bond acceptors (Lipinski definition) is 6. The molecule has 28 heavy (non-hydrogen) atoms. The van der Waals surface area contributed by atoms with Gasteiger partial charge in [0.1, 0.15) is 17.6 Å². The maximum atomic E-state index is 12.6. The van der Waals surface area contributed by atoms with Crippen LogP contribution >= 0.6 is 11.6 Å². The van der Waals surface area contributed by atoms with E-state index in [1.807, 2.05) is 12.1 Å². The molecule has 1 amide bonds. The second-order valence-corrected chi connectivity index (χ2v) is 6.83. The number of rotatable bonds is 7. The fourth-order valence-electron chi connectivity index (χ4n) is 2.82. The lowest BCUT2D eigenvalue weighted by molar-refractivity contribution is -0.153. The number of Topliss-reactive ketones (excluding diaryl/α,β-unsaturated/α-hetero) is 1. The minimum Gasteiger partial charge on any atom is -0.467 e. The summed E-state index contributed by atoms with van der Waals surface area (Å²) in [6.07, 6.45) is 2.02. The van der Waals surface area contributed by atoms with Gasteiger partial charge in [0.15, 0.2) is 6.61 Å². The average Bonchev–Trinajstić information content (AvgIpc) is 3.34. The van der Waals surface area contributed by atoms with E-state index in [4.69, 9.17) is 20.8 Å². The van der Waals surface area contributed by atoms with E-state index in [0.717, 1.165) is 5.56 Å². The maximum Gasteiger partial charge on any atom is 0.306 e. The number of furan rings is 1. The molecule has 1 aromatic carbocycles. The lowest BCUT2D eigenvalue weighted by atomic mass is 10.0. The fourth-order valence-corrected chi connectivity index (χ4v) is 2.94. The third-order valence-corrected chi connectivity index (χ3v) is 4.50. The van der Waals surface area contributed by atoms with Crippen LogP contribution in [0.5, 0.6) is 0 Å². The number of hydrogen-bond donors (Lipinski definition) is 0. The molecule has 146 valence electrons. The molecular formula is C20H19ClN2O5. The van der Waals surface area contributed by atoms with Crippen molar-refractivity contribution in [2.75, 3.05) is 6.61 Å². The first-order chi connectivity index (χ1) is 13.4. The zero-order chi connectivity index (χ0) is 20.1. The van der Waals surface area contributed by atoms with Gasteiger partial charge in [0.25, 0.3) is 5.91 Å². The van der Waals surface area contributed by atoms with E-state index in [-0.39, 0.29) is 18.6 Å². The lowest BCUT2D eigenvalue weighted by Gasteiger charge is -2.19. The molecule has 0 saturated carbocycles. The van der Waals surface area contributed by atoms with Crippen molar-refractivity contribution in [2.45, 2.75) is 32.2 Å². The molecule has 2 aromatic rings. The van der Waals surface area contributed by atoms with Crippen molar-refractivity contribution in [1.82, 2.24) is 5.01 Å². The van der Waals surface area contributed by atoms with Crippen molar-refractivity contribution in [3.05, 3.63) is 59.0 Å². The molecule has 0 saturated heterocycles. The largest absolute Gasteiger partial charge is 0.467 e. The molecule has 8 heteroatoms. The molecule has 0 aliphatic carbocycles. The Kier molecular flexibility index (Phi) is 6.26. The van der Waals surface area contributed by atoms with E-state index in [0.29, 0.717) is 22.9 Å². The number of benzene rings is 1. The van der Waals surface area contributed by atoms with Gasteiger partial charge in [-0.1, -0.05) is 23.7 Å². The Morgan fingerprint density at radius 1 is 1.21 bits per heavy atom. The number of ketones is 1. The van der Waals surface area contributed by atoms with Crippen LogP contribution in [0.25, 0.3) is 0 Å². The van der Waals surface area contributed by atoms with Crippen molar-refractivity contribution in [1.29, 1.82) is 0 Å². The summed E-state index contributed by atoms with van der Waals surface area (Å²) in [5, 5.41) is 6.31. The molecule has 0 spiro atoms. The van der Waals surface area contributed by atoms with E-state index in [1.165, 1.54) is 18.2 Å². The smallest absolute Gasteiger partial charge is 0.306 e. The molecule has 0 N–H and O–H groups in total. The standard InChI is InChI=1S/C20H19ClN2O5/c1-13(24)4-9-20(26)28-12-19(25)23-17(18-3-2-10-27-18)11-16(22-23)14-5-7-15(21)8-6-14/h2-3,5-8,10,17H,4,9,11-12H2,1H3/t17-/m0/s1. The minimum absolute atomic E-state index is 0.0521. The highest BCUT2D eigenvalue weighted by Gasteiger charge is 2.35. The van der Waals surface area contributed by atoms with Gasteiger partial charge in [-0.15, -0.1) is 0 Å². The van der Waals surface area contributed by atoms with Gasteiger partial charge >= 0.3 is 5.97 Å². The van der Waals surface area contributed by atoms with Crippen LogP contribution in [-0.4, -0.2) is 35.0 Å². The van der Waals surface area contributed by atoms with Crippen molar-refractivity contribution in [3.63, 3.8) is 0 Å². The Morgan fingerprint density at radius 3 is 2.61 bits per heavy atom. The van der Waals surface area contributed by atoms with Crippen LogP contribution in [0.4, 0.5) is 0 Å². The summed E-state index contributed by atoms with van der Waals surface area (Å²) in [4.78, 5) is 35.3. The van der Waals surface area contributed by atoms with Crippen LogP contribution in [-0.2, 0) is 19.1 Å². The third-order valence-electron chi connectivity index (χ3n) is 4.25. The summed E-state index contributed by atoms with van der Waals surface area (Å²) >= 11 is 5.93. The van der Waals surface area contributed by atoms with Crippen LogP contribution in [0.15, 0.2) is 52.2 Å². The van der Waals surface area contributed by atoms with E-state index in [9.17, 15) is 14.4 Å². The topological polar surface area (TPSA) is 89.2 Å². The number of esters is 1. The van der Waals surface area contributed by atoms with E-state index >= 15 is 0 Å². The van der Waals surface area contributed by atoms with Crippen molar-refractivity contribution < 1.29 is 23.5 Å². The van der Waals surface area contributed by atoms with E-state index in [1.54, 1.807) is 24.3 Å². The van der Waals surface area contributed by atoms with Gasteiger partial charge in [0.05, 0.1) is 18.4 Å². The van der Waals surface area contributed by atoms with Crippen molar-refractivity contribution in [3.8, 4) is 0 Å². The summed E-state index contributed by atoms with van der Waals surface area (Å²) in [6, 6.07) is 10.2. The fraction of sp³-hybridized carbons (Fsp3) is 0.300. The predicted molar refractivity (Wildman–Crippen MR) is 102 cm³/mol. The van der Waals surface area contributed by atoms with E-state index < -0.39 is 24.5 Å². The molecule has 7 nitrogen and oxygen atoms in total. The van der Waals surface area contributed by atoms with Gasteiger partial charge in [-0.05, 0) is 36.8 Å². The first kappa shape index (κ1) is 19.8. The molecule has 0 bridgehead atoms. The molecule has 1 atom stereocenters. The highest BCUT2D eigenvalue weighted by Crippen LogP contribution is 2.33. The molecular weight excluding hydrogens is 384 g/mol. The normalized spacial score (nSPS) is 16.0. The summed E-state index contributed by atoms with van der Waals surface area (Å²) < 4.78 is 10.4. The summed E-state index contributed by atoms with van der Waals surface area (Å²) in [6.45, 7) is 0.939. The predicted octanol–water partition coefficient (Wildman–Crippen LogP) is 3.52. The molecule has 0 radical (unpaired) electrons. The number of halogens is 1. The van der Waals surface area contributed by atoms with Gasteiger partial charge in [-0.25, -0.2) is 5.01 Å². The molecule has 0 fully saturated rings. The highest BCUT2D eigenvalue weighted by molar-refractivity contribution is 6.30. The zero-order valence-electron chi connectivity index (χ0n) is 15.3. The van der Waals surface area contributed by atoms with Crippen molar-refractivity contribution in [2.24, 2.45) is 5.10 Å². The Bertz CT molecular complexity index is 890. The average molecular weight is 403 g/mol. The number of hydrazone groups is 1. The molecule has 0 unspecified atom stereocenters. The lowest BCUT2D eigenvalue weighted by Crippen LogP contribution is -2.31. The first-order valence-electron chi connectivity index (χ1n) is 8.78. The number of amides is 1. The van der Waals surface area contributed by atoms with Crippen LogP contribution in [0.3, 0.4) is 0 Å². The zero-order valence-corrected chi connectivity index (χ0v) is 16.0. The van der Waals surface area contributed by atoms with Crippen LogP contribution in [0.1, 0.15) is 43.6 Å².